The maximum absolute atomic E-state index is 12.3. The number of nitrogens with one attached hydrogen (secondary N) is 1. The Morgan fingerprint density at radius 3 is 2.58 bits per heavy atom. The van der Waals surface area contributed by atoms with Crippen LogP contribution in [0.4, 0.5) is 4.79 Å². The number of hydrogen-bond acceptors (Lipinski definition) is 6. The molecule has 1 heterocycles. The quantitative estimate of drug-likeness (QED) is 0.415. The van der Waals surface area contributed by atoms with E-state index in [2.05, 4.69) is 5.32 Å². The van der Waals surface area contributed by atoms with Crippen LogP contribution in [0.5, 0.6) is 11.5 Å². The lowest BCUT2D eigenvalue weighted by molar-refractivity contribution is -0.153. The lowest BCUT2D eigenvalue weighted by atomic mass is 10.1. The fourth-order valence-corrected chi connectivity index (χ4v) is 2.54. The molecule has 1 aliphatic rings. The summed E-state index contributed by atoms with van der Waals surface area (Å²) in [6.45, 7) is 2.52. The molecule has 1 atom stereocenters. The number of hydrogen-bond donors (Lipinski definition) is 3. The van der Waals surface area contributed by atoms with Gasteiger partial charge in [0.15, 0.2) is 11.5 Å². The fraction of sp³-hybridized carbons (Fsp3) is 0.333. The maximum Gasteiger partial charge on any atom is 0.325 e. The van der Waals surface area contributed by atoms with Crippen LogP contribution < -0.4 is 5.32 Å². The van der Waals surface area contributed by atoms with E-state index < -0.39 is 23.9 Å². The highest BCUT2D eigenvalue weighted by Crippen LogP contribution is 2.27. The van der Waals surface area contributed by atoms with Crippen molar-refractivity contribution in [2.75, 3.05) is 19.6 Å². The Labute approximate surface area is 143 Å². The van der Waals surface area contributed by atoms with Crippen molar-refractivity contribution in [2.45, 2.75) is 13.0 Å². The lowest BCUT2D eigenvalue weighted by Gasteiger charge is -2.32. The molecule has 0 aliphatic carbocycles. The van der Waals surface area contributed by atoms with Crippen LogP contribution in [0.2, 0.25) is 0 Å². The number of amides is 4. The largest absolute Gasteiger partial charge is 0.504 e. The summed E-state index contributed by atoms with van der Waals surface area (Å²) in [5.41, 5.74) is 0.430. The van der Waals surface area contributed by atoms with Crippen LogP contribution in [0.15, 0.2) is 18.2 Å². The highest BCUT2D eigenvalue weighted by molar-refractivity contribution is 7.79. The number of imide groups is 1. The zero-order valence-electron chi connectivity index (χ0n) is 12.9. The molecule has 4 amide bonds. The summed E-state index contributed by atoms with van der Waals surface area (Å²) in [6.07, 6.45) is 0. The molecular formula is C15H17N3O5S. The predicted molar refractivity (Wildman–Crippen MR) is 88.7 cm³/mol. The summed E-state index contributed by atoms with van der Waals surface area (Å²) >= 11 is 4.88. The highest BCUT2D eigenvalue weighted by Gasteiger charge is 2.35. The zero-order chi connectivity index (χ0) is 17.9. The second-order valence-electron chi connectivity index (χ2n) is 5.15. The van der Waals surface area contributed by atoms with E-state index in [9.17, 15) is 24.6 Å². The molecule has 0 radical (unpaired) electrons. The molecule has 1 aliphatic heterocycles. The van der Waals surface area contributed by atoms with Gasteiger partial charge in [0.25, 0.3) is 0 Å². The minimum atomic E-state index is -0.891. The third kappa shape index (κ3) is 3.46. The van der Waals surface area contributed by atoms with Crippen LogP contribution in [0, 0.1) is 0 Å². The number of carbonyl (C=O) groups excluding carboxylic acids is 3. The van der Waals surface area contributed by atoms with Crippen molar-refractivity contribution in [1.82, 2.24) is 15.1 Å². The van der Waals surface area contributed by atoms with Gasteiger partial charge in [-0.05, 0) is 24.6 Å². The molecule has 3 N–H and O–H groups in total. The zero-order valence-corrected chi connectivity index (χ0v) is 13.7. The third-order valence-corrected chi connectivity index (χ3v) is 3.98. The maximum atomic E-state index is 12.3. The molecule has 0 saturated carbocycles. The summed E-state index contributed by atoms with van der Waals surface area (Å²) < 4.78 is 0. The molecule has 0 bridgehead atoms. The summed E-state index contributed by atoms with van der Waals surface area (Å²) in [7, 11) is 0. The van der Waals surface area contributed by atoms with Gasteiger partial charge in [-0.15, -0.1) is 0 Å². The summed E-state index contributed by atoms with van der Waals surface area (Å²) in [6, 6.07) is 2.47. The number of piperazine rings is 1. The predicted octanol–water partition coefficient (Wildman–Crippen LogP) is 0.539. The van der Waals surface area contributed by atoms with E-state index in [1.807, 2.05) is 0 Å². The Balaban J connectivity index is 2.12. The molecule has 2 rings (SSSR count). The van der Waals surface area contributed by atoms with Gasteiger partial charge in [-0.3, -0.25) is 14.5 Å². The molecular weight excluding hydrogens is 334 g/mol. The number of carbonyl (C=O) groups is 3. The van der Waals surface area contributed by atoms with E-state index in [0.717, 1.165) is 4.90 Å². The van der Waals surface area contributed by atoms with E-state index in [4.69, 9.17) is 12.2 Å². The van der Waals surface area contributed by atoms with Crippen molar-refractivity contribution in [1.29, 1.82) is 0 Å². The molecule has 8 nitrogen and oxygen atoms in total. The SMILES string of the molecule is CCN1CCN(C(=O)NC(C=S)c2ccc(O)c(O)c2)C(=O)C1=O. The van der Waals surface area contributed by atoms with Crippen molar-refractivity contribution in [2.24, 2.45) is 0 Å². The average molecular weight is 351 g/mol. The second-order valence-corrected chi connectivity index (χ2v) is 5.43. The van der Waals surface area contributed by atoms with Gasteiger partial charge in [0.1, 0.15) is 0 Å². The van der Waals surface area contributed by atoms with Gasteiger partial charge in [-0.2, -0.15) is 0 Å². The second kappa shape index (κ2) is 7.26. The Bertz CT molecular complexity index is 694. The molecule has 1 fully saturated rings. The third-order valence-electron chi connectivity index (χ3n) is 3.71. The van der Waals surface area contributed by atoms with Gasteiger partial charge in [0.05, 0.1) is 6.04 Å². The molecule has 1 aromatic rings. The first kappa shape index (κ1) is 17.7. The summed E-state index contributed by atoms with van der Waals surface area (Å²) in [5, 5.41) is 22.6. The summed E-state index contributed by atoms with van der Waals surface area (Å²) in [4.78, 5) is 38.3. The normalized spacial score (nSPS) is 16.0. The van der Waals surface area contributed by atoms with Crippen molar-refractivity contribution in [3.63, 3.8) is 0 Å². The Hall–Kier alpha value is -2.68. The first-order valence-electron chi connectivity index (χ1n) is 7.27. The van der Waals surface area contributed by atoms with Crippen LogP contribution in [0.25, 0.3) is 0 Å². The topological polar surface area (TPSA) is 110 Å². The Morgan fingerprint density at radius 1 is 1.29 bits per heavy atom. The van der Waals surface area contributed by atoms with Crippen molar-refractivity contribution in [3.8, 4) is 11.5 Å². The van der Waals surface area contributed by atoms with Gasteiger partial charge in [0, 0.05) is 25.0 Å². The van der Waals surface area contributed by atoms with E-state index >= 15 is 0 Å². The molecule has 0 spiro atoms. The van der Waals surface area contributed by atoms with Crippen LogP contribution in [0.1, 0.15) is 18.5 Å². The Morgan fingerprint density at radius 2 is 2.00 bits per heavy atom. The number of rotatable bonds is 4. The number of nitrogens with zero attached hydrogens (tertiary/aromatic N) is 2. The average Bonchev–Trinajstić information content (AvgIpc) is 2.57. The number of aromatic hydroxyl groups is 2. The standard InChI is InChI=1S/C15H17N3O5S/c1-2-17-5-6-18(14(22)13(17)21)15(23)16-10(8-24)9-3-4-11(19)12(20)7-9/h3-4,7-8,10,19-20H,2,5-6H2,1H3,(H,16,23). The first-order chi connectivity index (χ1) is 11.4. The van der Waals surface area contributed by atoms with Crippen LogP contribution in [-0.2, 0) is 9.59 Å². The number of benzene rings is 1. The number of phenols is 2. The minimum absolute atomic E-state index is 0.0925. The molecule has 128 valence electrons. The smallest absolute Gasteiger partial charge is 0.325 e. The van der Waals surface area contributed by atoms with Gasteiger partial charge < -0.3 is 20.4 Å². The fourth-order valence-electron chi connectivity index (χ4n) is 2.31. The van der Waals surface area contributed by atoms with Gasteiger partial charge >= 0.3 is 17.8 Å². The molecule has 1 unspecified atom stereocenters. The van der Waals surface area contributed by atoms with Crippen LogP contribution in [0.3, 0.4) is 0 Å². The van der Waals surface area contributed by atoms with E-state index in [-0.39, 0.29) is 24.6 Å². The number of likely N-dealkylation sites (N-methyl/N-ethyl adjacent to an activating group) is 1. The summed E-state index contributed by atoms with van der Waals surface area (Å²) in [5.74, 6) is -2.27. The molecule has 1 aromatic carbocycles. The molecule has 0 aromatic heterocycles. The molecule has 1 saturated heterocycles. The number of phenolic OH excluding ortho intramolecular Hbond substituents is 2. The number of thiocarbonyl (C=S) groups is 1. The van der Waals surface area contributed by atoms with Crippen molar-refractivity contribution < 1.29 is 24.6 Å². The Kier molecular flexibility index (Phi) is 5.35. The number of urea groups is 1. The van der Waals surface area contributed by atoms with Gasteiger partial charge in [-0.1, -0.05) is 18.3 Å². The lowest BCUT2D eigenvalue weighted by Crippen LogP contribution is -2.58. The highest BCUT2D eigenvalue weighted by atomic mass is 32.1. The van der Waals surface area contributed by atoms with Crippen LogP contribution >= 0.6 is 12.2 Å². The molecule has 24 heavy (non-hydrogen) atoms. The van der Waals surface area contributed by atoms with Crippen LogP contribution in [-0.4, -0.2) is 62.9 Å². The van der Waals surface area contributed by atoms with E-state index in [1.165, 1.54) is 28.5 Å². The van der Waals surface area contributed by atoms with E-state index in [0.29, 0.717) is 12.1 Å². The van der Waals surface area contributed by atoms with Gasteiger partial charge in [-0.25, -0.2) is 4.79 Å². The van der Waals surface area contributed by atoms with Crippen molar-refractivity contribution >= 4 is 35.4 Å². The first-order valence-corrected chi connectivity index (χ1v) is 7.74. The minimum Gasteiger partial charge on any atom is -0.504 e. The monoisotopic (exact) mass is 351 g/mol. The van der Waals surface area contributed by atoms with Crippen molar-refractivity contribution in [3.05, 3.63) is 23.8 Å². The van der Waals surface area contributed by atoms with E-state index in [1.54, 1.807) is 6.92 Å². The molecule has 9 heteroatoms. The van der Waals surface area contributed by atoms with Gasteiger partial charge in [0.2, 0.25) is 0 Å².